The van der Waals surface area contributed by atoms with Crippen LogP contribution < -0.4 is 15.2 Å². The summed E-state index contributed by atoms with van der Waals surface area (Å²) in [6, 6.07) is 0.188. The van der Waals surface area contributed by atoms with Crippen molar-refractivity contribution in [1.82, 2.24) is 0 Å². The Bertz CT molecular complexity index is 536. The summed E-state index contributed by atoms with van der Waals surface area (Å²) in [4.78, 5) is 10.8. The van der Waals surface area contributed by atoms with Crippen LogP contribution in [-0.4, -0.2) is 25.2 Å². The van der Waals surface area contributed by atoms with Crippen LogP contribution in [0, 0.1) is 0 Å². The second kappa shape index (κ2) is 7.10. The van der Waals surface area contributed by atoms with Crippen LogP contribution in [0.3, 0.4) is 0 Å². The number of hydrogen-bond donors (Lipinski definition) is 1. The highest BCUT2D eigenvalue weighted by Gasteiger charge is 2.61. The van der Waals surface area contributed by atoms with Crippen molar-refractivity contribution in [2.75, 3.05) is 7.11 Å². The van der Waals surface area contributed by atoms with Crippen LogP contribution >= 0.6 is 12.4 Å². The molecular weight excluding hydrogens is 337 g/mol. The Balaban J connectivity index is 0.00000441. The zero-order valence-corrected chi connectivity index (χ0v) is 12.2. The van der Waals surface area contributed by atoms with E-state index in [0.717, 1.165) is 32.2 Å². The molecule has 1 aromatic carbocycles. The predicted octanol–water partition coefficient (Wildman–Crippen LogP) is 3.24. The van der Waals surface area contributed by atoms with E-state index in [1.807, 2.05) is 0 Å². The van der Waals surface area contributed by atoms with Crippen LogP contribution in [0.15, 0.2) is 18.2 Å². The monoisotopic (exact) mass is 349 g/mol. The van der Waals surface area contributed by atoms with Gasteiger partial charge >= 0.3 is 18.1 Å². The maximum Gasteiger partial charge on any atom is 0.455 e. The normalized spacial score (nSPS) is 13.1. The minimum absolute atomic E-state index is 0. The summed E-state index contributed by atoms with van der Waals surface area (Å²) in [6.07, 6.45) is -5.78. The molecule has 1 rings (SSSR count). The SMILES string of the molecule is COc1cc([C@H](N)C(F)(F)C(F)(F)F)ccc1OC(C)=O.Cl. The lowest BCUT2D eigenvalue weighted by Gasteiger charge is -2.26. The molecule has 0 aromatic heterocycles. The van der Waals surface area contributed by atoms with Crippen LogP contribution in [-0.2, 0) is 4.79 Å². The van der Waals surface area contributed by atoms with Crippen molar-refractivity contribution in [2.24, 2.45) is 5.73 Å². The van der Waals surface area contributed by atoms with Gasteiger partial charge in [0.1, 0.15) is 6.04 Å². The summed E-state index contributed by atoms with van der Waals surface area (Å²) in [5.74, 6) is -6.11. The fraction of sp³-hybridized carbons (Fsp3) is 0.417. The smallest absolute Gasteiger partial charge is 0.455 e. The second-order valence-corrected chi connectivity index (χ2v) is 4.10. The van der Waals surface area contributed by atoms with E-state index < -0.39 is 29.7 Å². The number of alkyl halides is 5. The molecule has 0 fully saturated rings. The fourth-order valence-electron chi connectivity index (χ4n) is 1.50. The van der Waals surface area contributed by atoms with E-state index >= 15 is 0 Å². The van der Waals surface area contributed by atoms with Crippen molar-refractivity contribution in [3.8, 4) is 11.5 Å². The summed E-state index contributed by atoms with van der Waals surface area (Å²) in [5, 5.41) is 0. The Labute approximate surface area is 128 Å². The van der Waals surface area contributed by atoms with Gasteiger partial charge < -0.3 is 15.2 Å². The van der Waals surface area contributed by atoms with Gasteiger partial charge in [-0.2, -0.15) is 22.0 Å². The average molecular weight is 350 g/mol. The molecule has 10 heteroatoms. The van der Waals surface area contributed by atoms with E-state index in [1.54, 1.807) is 0 Å². The number of benzene rings is 1. The number of ether oxygens (including phenoxy) is 2. The Kier molecular flexibility index (Phi) is 6.58. The predicted molar refractivity (Wildman–Crippen MR) is 69.5 cm³/mol. The van der Waals surface area contributed by atoms with Crippen LogP contribution in [0.2, 0.25) is 0 Å². The minimum Gasteiger partial charge on any atom is -0.493 e. The Morgan fingerprint density at radius 2 is 1.73 bits per heavy atom. The van der Waals surface area contributed by atoms with Gasteiger partial charge in [0.05, 0.1) is 7.11 Å². The molecule has 0 saturated heterocycles. The number of methoxy groups -OCH3 is 1. The quantitative estimate of drug-likeness (QED) is 0.515. The molecule has 4 nitrogen and oxygen atoms in total. The van der Waals surface area contributed by atoms with E-state index in [9.17, 15) is 26.7 Å². The topological polar surface area (TPSA) is 61.6 Å². The lowest BCUT2D eigenvalue weighted by Crippen LogP contribution is -2.45. The Hall–Kier alpha value is -1.61. The summed E-state index contributed by atoms with van der Waals surface area (Å²) >= 11 is 0. The number of esters is 1. The van der Waals surface area contributed by atoms with Crippen LogP contribution in [0.4, 0.5) is 22.0 Å². The standard InChI is InChI=1S/C12H12F5NO3.ClH/c1-6(19)21-8-4-3-7(5-9(8)20-2)10(18)11(13,14)12(15,16)17;/h3-5,10H,18H2,1-2H3;1H/t10-;/m0./s1. The highest BCUT2D eigenvalue weighted by molar-refractivity contribution is 5.85. The van der Waals surface area contributed by atoms with Crippen molar-refractivity contribution in [3.05, 3.63) is 23.8 Å². The van der Waals surface area contributed by atoms with Gasteiger partial charge in [0.2, 0.25) is 0 Å². The van der Waals surface area contributed by atoms with E-state index in [2.05, 4.69) is 0 Å². The molecule has 0 aliphatic carbocycles. The van der Waals surface area contributed by atoms with Crippen molar-refractivity contribution >= 4 is 18.4 Å². The highest BCUT2D eigenvalue weighted by Crippen LogP contribution is 2.44. The maximum atomic E-state index is 13.2. The number of nitrogens with two attached hydrogens (primary N) is 1. The number of halogens is 6. The lowest BCUT2D eigenvalue weighted by atomic mass is 10.0. The van der Waals surface area contributed by atoms with Gasteiger partial charge in [0.25, 0.3) is 0 Å². The Morgan fingerprint density at radius 3 is 2.14 bits per heavy atom. The second-order valence-electron chi connectivity index (χ2n) is 4.10. The molecule has 2 N–H and O–H groups in total. The zero-order valence-electron chi connectivity index (χ0n) is 11.4. The van der Waals surface area contributed by atoms with Crippen molar-refractivity contribution < 1.29 is 36.2 Å². The fourth-order valence-corrected chi connectivity index (χ4v) is 1.50. The summed E-state index contributed by atoms with van der Waals surface area (Å²) in [5.41, 5.74) is 4.49. The van der Waals surface area contributed by atoms with Gasteiger partial charge in [-0.05, 0) is 17.7 Å². The van der Waals surface area contributed by atoms with Gasteiger partial charge in [0, 0.05) is 6.92 Å². The molecule has 1 aromatic rings. The molecule has 0 heterocycles. The molecule has 0 unspecified atom stereocenters. The highest BCUT2D eigenvalue weighted by atomic mass is 35.5. The van der Waals surface area contributed by atoms with Crippen LogP contribution in [0.5, 0.6) is 11.5 Å². The molecule has 0 spiro atoms. The van der Waals surface area contributed by atoms with Gasteiger partial charge in [-0.15, -0.1) is 12.4 Å². The lowest BCUT2D eigenvalue weighted by molar-refractivity contribution is -0.291. The molecule has 22 heavy (non-hydrogen) atoms. The molecular formula is C12H13ClF5NO3. The molecule has 1 atom stereocenters. The number of rotatable bonds is 4. The first kappa shape index (κ1) is 20.4. The van der Waals surface area contributed by atoms with Gasteiger partial charge in [0.15, 0.2) is 11.5 Å². The van der Waals surface area contributed by atoms with E-state index in [0.29, 0.717) is 0 Å². The first-order valence-electron chi connectivity index (χ1n) is 5.57. The first-order valence-corrected chi connectivity index (χ1v) is 5.57. The Morgan fingerprint density at radius 1 is 1.18 bits per heavy atom. The largest absolute Gasteiger partial charge is 0.493 e. The first-order chi connectivity index (χ1) is 9.50. The molecule has 0 aliphatic heterocycles. The molecule has 0 bridgehead atoms. The van der Waals surface area contributed by atoms with E-state index in [1.165, 1.54) is 0 Å². The zero-order chi connectivity index (χ0) is 16.4. The van der Waals surface area contributed by atoms with Crippen molar-refractivity contribution in [3.63, 3.8) is 0 Å². The molecule has 126 valence electrons. The molecule has 0 aliphatic rings. The molecule has 0 amide bonds. The summed E-state index contributed by atoms with van der Waals surface area (Å²) < 4.78 is 72.7. The number of carbonyl (C=O) groups excluding carboxylic acids is 1. The van der Waals surface area contributed by atoms with Crippen LogP contribution in [0.1, 0.15) is 18.5 Å². The van der Waals surface area contributed by atoms with Crippen LogP contribution in [0.25, 0.3) is 0 Å². The van der Waals surface area contributed by atoms with E-state index in [4.69, 9.17) is 15.2 Å². The third kappa shape index (κ3) is 4.20. The molecule has 0 saturated carbocycles. The van der Waals surface area contributed by atoms with Crippen molar-refractivity contribution in [1.29, 1.82) is 0 Å². The van der Waals surface area contributed by atoms with E-state index in [-0.39, 0.29) is 23.9 Å². The van der Waals surface area contributed by atoms with Crippen molar-refractivity contribution in [2.45, 2.75) is 25.1 Å². The van der Waals surface area contributed by atoms with Gasteiger partial charge in [-0.3, -0.25) is 4.79 Å². The third-order valence-corrected chi connectivity index (χ3v) is 2.57. The summed E-state index contributed by atoms with van der Waals surface area (Å²) in [7, 11) is 1.14. The maximum absolute atomic E-state index is 13.2. The molecule has 0 radical (unpaired) electrons. The van der Waals surface area contributed by atoms with Gasteiger partial charge in [-0.25, -0.2) is 0 Å². The summed E-state index contributed by atoms with van der Waals surface area (Å²) in [6.45, 7) is 1.09. The average Bonchev–Trinajstić information content (AvgIpc) is 2.36. The third-order valence-electron chi connectivity index (χ3n) is 2.57. The number of carbonyl (C=O) groups is 1. The van der Waals surface area contributed by atoms with Gasteiger partial charge in [-0.1, -0.05) is 6.07 Å². The minimum atomic E-state index is -5.78. The number of hydrogen-bond acceptors (Lipinski definition) is 4.